The van der Waals surface area contributed by atoms with Crippen molar-refractivity contribution < 1.29 is 4.92 Å². The molecule has 1 aliphatic heterocycles. The van der Waals surface area contributed by atoms with E-state index in [4.69, 9.17) is 0 Å². The van der Waals surface area contributed by atoms with Gasteiger partial charge in [-0.15, -0.1) is 0 Å². The molecule has 0 saturated carbocycles. The van der Waals surface area contributed by atoms with E-state index in [1.54, 1.807) is 19.1 Å². The zero-order valence-corrected chi connectivity index (χ0v) is 11.3. The maximum absolute atomic E-state index is 10.9. The molecule has 0 bridgehead atoms. The fraction of sp³-hybridized carbons (Fsp3) is 0.538. The summed E-state index contributed by atoms with van der Waals surface area (Å²) < 4.78 is 0. The second-order valence-electron chi connectivity index (χ2n) is 4.70. The molecule has 0 atom stereocenters. The predicted octanol–water partition coefficient (Wildman–Crippen LogP) is 3.46. The summed E-state index contributed by atoms with van der Waals surface area (Å²) in [5.74, 6) is 3.17. The smallest absolute Gasteiger partial charge is 0.274 e. The number of thioether (sulfide) groups is 1. The summed E-state index contributed by atoms with van der Waals surface area (Å²) in [5.41, 5.74) is 1.75. The lowest BCUT2D eigenvalue weighted by molar-refractivity contribution is -0.385. The Morgan fingerprint density at radius 2 is 2.17 bits per heavy atom. The third-order valence-corrected chi connectivity index (χ3v) is 4.39. The number of benzene rings is 1. The summed E-state index contributed by atoms with van der Waals surface area (Å²) >= 11 is 2.01. The van der Waals surface area contributed by atoms with E-state index in [1.165, 1.54) is 24.3 Å². The molecule has 4 nitrogen and oxygen atoms in total. The lowest BCUT2D eigenvalue weighted by Crippen LogP contribution is -2.19. The summed E-state index contributed by atoms with van der Waals surface area (Å²) in [6.45, 7) is 2.68. The molecular formula is C13H18N2O2S. The number of hydrogen-bond acceptors (Lipinski definition) is 4. The SMILES string of the molecule is Cc1ccc(NCC2CCSCC2)cc1[N+](=O)[O-]. The van der Waals surface area contributed by atoms with Gasteiger partial charge in [-0.25, -0.2) is 0 Å². The van der Waals surface area contributed by atoms with Crippen LogP contribution < -0.4 is 5.32 Å². The number of nitro groups is 1. The maximum Gasteiger partial charge on any atom is 0.274 e. The highest BCUT2D eigenvalue weighted by Crippen LogP contribution is 2.25. The van der Waals surface area contributed by atoms with Crippen molar-refractivity contribution in [1.82, 2.24) is 0 Å². The quantitative estimate of drug-likeness (QED) is 0.670. The largest absolute Gasteiger partial charge is 0.385 e. The minimum absolute atomic E-state index is 0.194. The van der Waals surface area contributed by atoms with Gasteiger partial charge in [0.15, 0.2) is 0 Å². The summed E-state index contributed by atoms with van der Waals surface area (Å²) in [6, 6.07) is 5.35. The van der Waals surface area contributed by atoms with E-state index in [0.717, 1.165) is 12.2 Å². The lowest BCUT2D eigenvalue weighted by Gasteiger charge is -2.22. The minimum atomic E-state index is -0.322. The highest BCUT2D eigenvalue weighted by molar-refractivity contribution is 7.99. The van der Waals surface area contributed by atoms with Crippen LogP contribution in [-0.4, -0.2) is 23.0 Å². The number of nitro benzene ring substituents is 1. The normalized spacial score (nSPS) is 16.5. The first-order chi connectivity index (χ1) is 8.66. The molecule has 1 saturated heterocycles. The van der Waals surface area contributed by atoms with E-state index in [1.807, 2.05) is 17.8 Å². The van der Waals surface area contributed by atoms with Gasteiger partial charge in [0, 0.05) is 23.9 Å². The molecule has 1 fully saturated rings. The van der Waals surface area contributed by atoms with Gasteiger partial charge in [0.1, 0.15) is 0 Å². The van der Waals surface area contributed by atoms with Crippen molar-refractivity contribution in [2.24, 2.45) is 5.92 Å². The number of hydrogen-bond donors (Lipinski definition) is 1. The molecule has 0 spiro atoms. The van der Waals surface area contributed by atoms with Crippen molar-refractivity contribution in [3.63, 3.8) is 0 Å². The molecule has 1 N–H and O–H groups in total. The molecule has 5 heteroatoms. The number of nitrogens with zero attached hydrogens (tertiary/aromatic N) is 1. The van der Waals surface area contributed by atoms with Gasteiger partial charge in [-0.05, 0) is 43.3 Å². The second-order valence-corrected chi connectivity index (χ2v) is 5.92. The van der Waals surface area contributed by atoms with Gasteiger partial charge in [0.25, 0.3) is 5.69 Å². The maximum atomic E-state index is 10.9. The van der Waals surface area contributed by atoms with Crippen LogP contribution in [0.4, 0.5) is 11.4 Å². The third kappa shape index (κ3) is 3.38. The van der Waals surface area contributed by atoms with Gasteiger partial charge < -0.3 is 5.32 Å². The Bertz CT molecular complexity index is 431. The van der Waals surface area contributed by atoms with Crippen LogP contribution in [0.3, 0.4) is 0 Å². The first kappa shape index (κ1) is 13.2. The topological polar surface area (TPSA) is 55.2 Å². The van der Waals surface area contributed by atoms with Gasteiger partial charge >= 0.3 is 0 Å². The Morgan fingerprint density at radius 3 is 2.83 bits per heavy atom. The number of rotatable bonds is 4. The van der Waals surface area contributed by atoms with Crippen LogP contribution in [0.15, 0.2) is 18.2 Å². The third-order valence-electron chi connectivity index (χ3n) is 3.34. The van der Waals surface area contributed by atoms with Crippen LogP contribution in [-0.2, 0) is 0 Å². The molecule has 0 aromatic heterocycles. The van der Waals surface area contributed by atoms with E-state index < -0.39 is 0 Å². The summed E-state index contributed by atoms with van der Waals surface area (Å²) in [7, 11) is 0. The summed E-state index contributed by atoms with van der Waals surface area (Å²) in [6.07, 6.45) is 2.48. The van der Waals surface area contributed by atoms with Gasteiger partial charge in [-0.3, -0.25) is 10.1 Å². The van der Waals surface area contributed by atoms with Crippen LogP contribution in [0.25, 0.3) is 0 Å². The molecule has 1 aromatic rings. The van der Waals surface area contributed by atoms with Crippen LogP contribution in [0.1, 0.15) is 18.4 Å². The van der Waals surface area contributed by atoms with Crippen LogP contribution >= 0.6 is 11.8 Å². The Kier molecular flexibility index (Phi) is 4.47. The van der Waals surface area contributed by atoms with Crippen molar-refractivity contribution in [2.45, 2.75) is 19.8 Å². The molecule has 0 aliphatic carbocycles. The molecule has 2 rings (SSSR count). The van der Waals surface area contributed by atoms with Crippen molar-refractivity contribution in [2.75, 3.05) is 23.4 Å². The Balaban J connectivity index is 1.96. The zero-order valence-electron chi connectivity index (χ0n) is 10.5. The standard InChI is InChI=1S/C13H18N2O2S/c1-10-2-3-12(8-13(10)15(16)17)14-9-11-4-6-18-7-5-11/h2-3,8,11,14H,4-7,9H2,1H3. The second kappa shape index (κ2) is 6.09. The van der Waals surface area contributed by atoms with Crippen LogP contribution in [0.5, 0.6) is 0 Å². The Morgan fingerprint density at radius 1 is 1.44 bits per heavy atom. The van der Waals surface area contributed by atoms with Crippen molar-refractivity contribution >= 4 is 23.1 Å². The first-order valence-corrected chi connectivity index (χ1v) is 7.39. The summed E-state index contributed by atoms with van der Waals surface area (Å²) in [4.78, 5) is 10.5. The lowest BCUT2D eigenvalue weighted by atomic mass is 10.0. The van der Waals surface area contributed by atoms with Crippen molar-refractivity contribution in [3.8, 4) is 0 Å². The molecule has 0 amide bonds. The van der Waals surface area contributed by atoms with Crippen LogP contribution in [0.2, 0.25) is 0 Å². The highest BCUT2D eigenvalue weighted by atomic mass is 32.2. The van der Waals surface area contributed by atoms with Gasteiger partial charge in [0.2, 0.25) is 0 Å². The fourth-order valence-corrected chi connectivity index (χ4v) is 3.33. The van der Waals surface area contributed by atoms with Crippen molar-refractivity contribution in [1.29, 1.82) is 0 Å². The number of nitrogens with one attached hydrogen (secondary N) is 1. The van der Waals surface area contributed by atoms with E-state index in [0.29, 0.717) is 11.5 Å². The molecule has 98 valence electrons. The average molecular weight is 266 g/mol. The average Bonchev–Trinajstić information content (AvgIpc) is 2.38. The van der Waals surface area contributed by atoms with E-state index >= 15 is 0 Å². The number of anilines is 1. The predicted molar refractivity (Wildman–Crippen MR) is 76.4 cm³/mol. The molecule has 18 heavy (non-hydrogen) atoms. The van der Waals surface area contributed by atoms with Crippen LogP contribution in [0, 0.1) is 23.0 Å². The van der Waals surface area contributed by atoms with Crippen molar-refractivity contribution in [3.05, 3.63) is 33.9 Å². The monoisotopic (exact) mass is 266 g/mol. The minimum Gasteiger partial charge on any atom is -0.385 e. The Hall–Kier alpha value is -1.23. The molecule has 1 heterocycles. The van der Waals surface area contributed by atoms with E-state index in [9.17, 15) is 10.1 Å². The molecular weight excluding hydrogens is 248 g/mol. The van der Waals surface area contributed by atoms with Gasteiger partial charge in [-0.2, -0.15) is 11.8 Å². The van der Waals surface area contributed by atoms with E-state index in [-0.39, 0.29) is 10.6 Å². The zero-order chi connectivity index (χ0) is 13.0. The molecule has 1 aliphatic rings. The van der Waals surface area contributed by atoms with E-state index in [2.05, 4.69) is 5.32 Å². The molecule has 0 radical (unpaired) electrons. The van der Waals surface area contributed by atoms with Gasteiger partial charge in [0.05, 0.1) is 4.92 Å². The highest BCUT2D eigenvalue weighted by Gasteiger charge is 2.14. The summed E-state index contributed by atoms with van der Waals surface area (Å²) in [5, 5.41) is 14.2. The Labute approximate surface area is 111 Å². The number of aryl methyl sites for hydroxylation is 1. The first-order valence-electron chi connectivity index (χ1n) is 6.23. The van der Waals surface area contributed by atoms with Gasteiger partial charge in [-0.1, -0.05) is 6.07 Å². The molecule has 0 unspecified atom stereocenters. The molecule has 1 aromatic carbocycles. The fourth-order valence-electron chi connectivity index (χ4n) is 2.13.